The van der Waals surface area contributed by atoms with Crippen LogP contribution in [0.1, 0.15) is 44.7 Å². The molecule has 2 rings (SSSR count). The van der Waals surface area contributed by atoms with Gasteiger partial charge >= 0.3 is 6.09 Å². The monoisotopic (exact) mass is 301 g/mol. The average Bonchev–Trinajstić information content (AvgIpc) is 2.36. The third-order valence-corrected chi connectivity index (χ3v) is 3.59. The quantitative estimate of drug-likeness (QED) is 0.898. The van der Waals surface area contributed by atoms with E-state index in [1.165, 1.54) is 0 Å². The number of carbonyl (C=O) groups is 1. The highest BCUT2D eigenvalue weighted by Gasteiger charge is 2.31. The molecule has 5 heteroatoms. The number of aryl methyl sites for hydroxylation is 1. The van der Waals surface area contributed by atoms with Crippen LogP contribution in [0.25, 0.3) is 0 Å². The topological polar surface area (TPSA) is 74.2 Å². The number of nitrogens with one attached hydrogen (secondary N) is 2. The predicted molar refractivity (Wildman–Crippen MR) is 85.7 cm³/mol. The van der Waals surface area contributed by atoms with Gasteiger partial charge in [-0.05, 0) is 58.2 Å². The molecule has 2 N–H and O–H groups in total. The first-order chi connectivity index (χ1) is 10.3. The molecule has 0 aliphatic heterocycles. The van der Waals surface area contributed by atoms with Gasteiger partial charge in [0.1, 0.15) is 5.60 Å². The van der Waals surface area contributed by atoms with Crippen molar-refractivity contribution in [2.24, 2.45) is 0 Å². The number of alkyl carbamates (subject to hydrolysis) is 1. The fourth-order valence-electron chi connectivity index (χ4n) is 2.39. The first-order valence-corrected chi connectivity index (χ1v) is 7.53. The van der Waals surface area contributed by atoms with Gasteiger partial charge in [0.2, 0.25) is 0 Å². The van der Waals surface area contributed by atoms with E-state index in [9.17, 15) is 4.79 Å². The van der Waals surface area contributed by atoms with Crippen LogP contribution in [0.5, 0.6) is 0 Å². The summed E-state index contributed by atoms with van der Waals surface area (Å²) >= 11 is 0. The molecule has 22 heavy (non-hydrogen) atoms. The van der Waals surface area contributed by atoms with E-state index in [1.807, 2.05) is 45.9 Å². The number of hydrogen-bond donors (Lipinski definition) is 2. The van der Waals surface area contributed by atoms with Gasteiger partial charge in [0.15, 0.2) is 0 Å². The standard InChI is InChI=1S/C17H23N3O2/c1-11-5-6-12(10-18)7-15(11)19-13-8-14(9-13)20-16(21)22-17(2,3)4/h5-7,13-14,19H,8-9H2,1-4H3,(H,20,21). The Morgan fingerprint density at radius 3 is 2.59 bits per heavy atom. The number of ether oxygens (including phenoxy) is 1. The fourth-order valence-corrected chi connectivity index (χ4v) is 2.39. The SMILES string of the molecule is Cc1ccc(C#N)cc1NC1CC(NC(=O)OC(C)(C)C)C1. The van der Waals surface area contributed by atoms with Gasteiger partial charge in [0.25, 0.3) is 0 Å². The summed E-state index contributed by atoms with van der Waals surface area (Å²) < 4.78 is 5.24. The van der Waals surface area contributed by atoms with Crippen LogP contribution in [0, 0.1) is 18.3 Å². The lowest BCUT2D eigenvalue weighted by Gasteiger charge is -2.37. The number of anilines is 1. The van der Waals surface area contributed by atoms with E-state index in [0.29, 0.717) is 11.6 Å². The van der Waals surface area contributed by atoms with Crippen LogP contribution in [-0.2, 0) is 4.74 Å². The number of nitriles is 1. The lowest BCUT2D eigenvalue weighted by molar-refractivity contribution is 0.0475. The zero-order chi connectivity index (χ0) is 16.3. The zero-order valence-electron chi connectivity index (χ0n) is 13.6. The van der Waals surface area contributed by atoms with E-state index in [1.54, 1.807) is 0 Å². The fraction of sp³-hybridized carbons (Fsp3) is 0.529. The van der Waals surface area contributed by atoms with Crippen LogP contribution >= 0.6 is 0 Å². The van der Waals surface area contributed by atoms with Gasteiger partial charge in [-0.1, -0.05) is 6.07 Å². The predicted octanol–water partition coefficient (Wildman–Crippen LogP) is 3.33. The van der Waals surface area contributed by atoms with Crippen LogP contribution < -0.4 is 10.6 Å². The minimum Gasteiger partial charge on any atom is -0.444 e. The molecule has 1 aliphatic rings. The summed E-state index contributed by atoms with van der Waals surface area (Å²) in [6.07, 6.45) is 1.35. The molecule has 1 fully saturated rings. The Hall–Kier alpha value is -2.22. The van der Waals surface area contributed by atoms with Gasteiger partial charge in [-0.3, -0.25) is 0 Å². The van der Waals surface area contributed by atoms with Crippen molar-refractivity contribution in [3.63, 3.8) is 0 Å². The number of hydrogen-bond acceptors (Lipinski definition) is 4. The first kappa shape index (κ1) is 16.2. The third kappa shape index (κ3) is 4.39. The summed E-state index contributed by atoms with van der Waals surface area (Å²) in [5, 5.41) is 15.3. The minimum absolute atomic E-state index is 0.145. The Morgan fingerprint density at radius 1 is 1.32 bits per heavy atom. The molecule has 1 aromatic rings. The van der Waals surface area contributed by atoms with Crippen LogP contribution in [0.4, 0.5) is 10.5 Å². The lowest BCUT2D eigenvalue weighted by atomic mass is 9.86. The van der Waals surface area contributed by atoms with Gasteiger partial charge in [0, 0.05) is 17.8 Å². The van der Waals surface area contributed by atoms with Crippen molar-refractivity contribution in [1.29, 1.82) is 5.26 Å². The van der Waals surface area contributed by atoms with Crippen molar-refractivity contribution >= 4 is 11.8 Å². The summed E-state index contributed by atoms with van der Waals surface area (Å²) in [5.41, 5.74) is 2.28. The summed E-state index contributed by atoms with van der Waals surface area (Å²) in [6, 6.07) is 8.22. The second-order valence-electron chi connectivity index (χ2n) is 6.80. The summed E-state index contributed by atoms with van der Waals surface area (Å²) in [5.74, 6) is 0. The Bertz CT molecular complexity index is 593. The Morgan fingerprint density at radius 2 is 2.00 bits per heavy atom. The molecule has 0 aromatic heterocycles. The molecule has 0 unspecified atom stereocenters. The first-order valence-electron chi connectivity index (χ1n) is 7.53. The van der Waals surface area contributed by atoms with Crippen molar-refractivity contribution in [1.82, 2.24) is 5.32 Å². The Balaban J connectivity index is 1.81. The lowest BCUT2D eigenvalue weighted by Crippen LogP contribution is -2.50. The van der Waals surface area contributed by atoms with Gasteiger partial charge in [-0.25, -0.2) is 4.79 Å². The molecule has 1 saturated carbocycles. The molecular weight excluding hydrogens is 278 g/mol. The molecule has 5 nitrogen and oxygen atoms in total. The van der Waals surface area contributed by atoms with E-state index in [4.69, 9.17) is 10.00 Å². The van der Waals surface area contributed by atoms with Crippen LogP contribution in [0.2, 0.25) is 0 Å². The minimum atomic E-state index is -0.472. The molecule has 1 aliphatic carbocycles. The van der Waals surface area contributed by atoms with E-state index in [0.717, 1.165) is 24.1 Å². The van der Waals surface area contributed by atoms with E-state index < -0.39 is 5.60 Å². The van der Waals surface area contributed by atoms with E-state index in [-0.39, 0.29) is 12.1 Å². The van der Waals surface area contributed by atoms with Gasteiger partial charge in [-0.2, -0.15) is 5.26 Å². The second kappa shape index (κ2) is 6.27. The molecule has 118 valence electrons. The van der Waals surface area contributed by atoms with Crippen molar-refractivity contribution in [2.45, 2.75) is 58.2 Å². The van der Waals surface area contributed by atoms with Gasteiger partial charge in [-0.15, -0.1) is 0 Å². The molecule has 0 heterocycles. The highest BCUT2D eigenvalue weighted by Crippen LogP contribution is 2.27. The van der Waals surface area contributed by atoms with Crippen molar-refractivity contribution < 1.29 is 9.53 Å². The molecule has 0 atom stereocenters. The highest BCUT2D eigenvalue weighted by atomic mass is 16.6. The highest BCUT2D eigenvalue weighted by molar-refractivity contribution is 5.68. The maximum atomic E-state index is 11.7. The maximum Gasteiger partial charge on any atom is 0.407 e. The van der Waals surface area contributed by atoms with Gasteiger partial charge < -0.3 is 15.4 Å². The number of benzene rings is 1. The second-order valence-corrected chi connectivity index (χ2v) is 6.80. The molecule has 0 spiro atoms. The van der Waals surface area contributed by atoms with Crippen LogP contribution in [0.3, 0.4) is 0 Å². The van der Waals surface area contributed by atoms with Gasteiger partial charge in [0.05, 0.1) is 11.6 Å². The van der Waals surface area contributed by atoms with Crippen molar-refractivity contribution in [3.05, 3.63) is 29.3 Å². The third-order valence-electron chi connectivity index (χ3n) is 3.59. The zero-order valence-corrected chi connectivity index (χ0v) is 13.6. The number of carbonyl (C=O) groups excluding carboxylic acids is 1. The largest absolute Gasteiger partial charge is 0.444 e. The van der Waals surface area contributed by atoms with Crippen LogP contribution in [0.15, 0.2) is 18.2 Å². The summed E-state index contributed by atoms with van der Waals surface area (Å²) in [4.78, 5) is 11.7. The molecular formula is C17H23N3O2. The van der Waals surface area contributed by atoms with Crippen LogP contribution in [-0.4, -0.2) is 23.8 Å². The average molecular weight is 301 g/mol. The Kier molecular flexibility index (Phi) is 4.60. The van der Waals surface area contributed by atoms with E-state index >= 15 is 0 Å². The summed E-state index contributed by atoms with van der Waals surface area (Å²) in [7, 11) is 0. The normalized spacial score (nSPS) is 20.5. The molecule has 0 radical (unpaired) electrons. The maximum absolute atomic E-state index is 11.7. The number of nitrogens with zero attached hydrogens (tertiary/aromatic N) is 1. The van der Waals surface area contributed by atoms with E-state index in [2.05, 4.69) is 16.7 Å². The molecule has 0 bridgehead atoms. The Labute approximate surface area is 131 Å². The number of amides is 1. The molecule has 0 saturated heterocycles. The van der Waals surface area contributed by atoms with Crippen molar-refractivity contribution in [3.8, 4) is 6.07 Å². The smallest absolute Gasteiger partial charge is 0.407 e. The summed E-state index contributed by atoms with van der Waals surface area (Å²) in [6.45, 7) is 7.56. The van der Waals surface area contributed by atoms with Crippen molar-refractivity contribution in [2.75, 3.05) is 5.32 Å². The molecule has 1 amide bonds. The number of rotatable bonds is 3. The molecule has 1 aromatic carbocycles.